The lowest BCUT2D eigenvalue weighted by Gasteiger charge is -2.14. The fourth-order valence-corrected chi connectivity index (χ4v) is 3.91. The van der Waals surface area contributed by atoms with E-state index in [0.29, 0.717) is 16.1 Å². The minimum Gasteiger partial charge on any atom is -0.388 e. The Hall–Kier alpha value is -1.36. The monoisotopic (exact) mass is 425 g/mol. The summed E-state index contributed by atoms with van der Waals surface area (Å²) in [5, 5.41) is 13.7. The molecule has 0 heterocycles. The summed E-state index contributed by atoms with van der Waals surface area (Å²) < 4.78 is 0. The second-order valence-electron chi connectivity index (χ2n) is 6.49. The van der Waals surface area contributed by atoms with Crippen molar-refractivity contribution in [3.05, 3.63) is 74.8 Å². The van der Waals surface area contributed by atoms with Crippen molar-refractivity contribution in [1.29, 1.82) is 0 Å². The summed E-state index contributed by atoms with van der Waals surface area (Å²) in [4.78, 5) is 11.2. The standard InChI is InChI=1S/C21H21Cl2NO2.ClH/c22-17-10-15(11-18(23)12-17)7-8-24-21-6-3-16-9-14(2-5-20(16)21)1-4-19(26)13-25;/h1-2,4-5,9-12,21,24-25H,3,6-8,13H2;1H/b4-1+;. The smallest absolute Gasteiger partial charge is 0.181 e. The molecule has 1 unspecified atom stereocenters. The van der Waals surface area contributed by atoms with Crippen LogP contribution in [0.25, 0.3) is 6.08 Å². The van der Waals surface area contributed by atoms with Crippen molar-refractivity contribution < 1.29 is 9.90 Å². The van der Waals surface area contributed by atoms with Crippen LogP contribution < -0.4 is 5.32 Å². The molecular weight excluding hydrogens is 405 g/mol. The first-order valence-electron chi connectivity index (χ1n) is 8.68. The van der Waals surface area contributed by atoms with Crippen molar-refractivity contribution in [2.75, 3.05) is 13.2 Å². The lowest BCUT2D eigenvalue weighted by molar-refractivity contribution is -0.117. The molecule has 0 radical (unpaired) electrons. The highest BCUT2D eigenvalue weighted by Gasteiger charge is 2.21. The normalized spacial score (nSPS) is 15.6. The van der Waals surface area contributed by atoms with Gasteiger partial charge in [0.1, 0.15) is 6.61 Å². The van der Waals surface area contributed by atoms with Crippen LogP contribution in [0.15, 0.2) is 42.5 Å². The van der Waals surface area contributed by atoms with E-state index in [1.807, 2.05) is 18.2 Å². The number of hydrogen-bond donors (Lipinski definition) is 2. The minimum absolute atomic E-state index is 0. The zero-order valence-electron chi connectivity index (χ0n) is 14.8. The van der Waals surface area contributed by atoms with E-state index in [4.69, 9.17) is 28.3 Å². The van der Waals surface area contributed by atoms with E-state index >= 15 is 0 Å². The Bertz CT molecular complexity index is 816. The van der Waals surface area contributed by atoms with Gasteiger partial charge in [0.15, 0.2) is 5.78 Å². The molecule has 0 bridgehead atoms. The summed E-state index contributed by atoms with van der Waals surface area (Å²) >= 11 is 12.1. The van der Waals surface area contributed by atoms with Gasteiger partial charge in [0.25, 0.3) is 0 Å². The van der Waals surface area contributed by atoms with E-state index in [9.17, 15) is 4.79 Å². The van der Waals surface area contributed by atoms with E-state index < -0.39 is 6.61 Å². The second kappa shape index (κ2) is 10.3. The van der Waals surface area contributed by atoms with E-state index in [0.717, 1.165) is 36.9 Å². The number of carbonyl (C=O) groups is 1. The second-order valence-corrected chi connectivity index (χ2v) is 7.36. The Morgan fingerprint density at radius 3 is 2.63 bits per heavy atom. The van der Waals surface area contributed by atoms with Gasteiger partial charge in [0.2, 0.25) is 0 Å². The average Bonchev–Trinajstić information content (AvgIpc) is 3.01. The van der Waals surface area contributed by atoms with Crippen molar-refractivity contribution in [2.45, 2.75) is 25.3 Å². The Balaban J connectivity index is 0.00000261. The maximum absolute atomic E-state index is 11.2. The van der Waals surface area contributed by atoms with Gasteiger partial charge in [-0.2, -0.15) is 0 Å². The van der Waals surface area contributed by atoms with Gasteiger partial charge in [0.05, 0.1) is 0 Å². The van der Waals surface area contributed by atoms with Gasteiger partial charge in [-0.25, -0.2) is 0 Å². The first kappa shape index (κ1) is 21.9. The first-order chi connectivity index (χ1) is 12.5. The third-order valence-electron chi connectivity index (χ3n) is 4.59. The summed E-state index contributed by atoms with van der Waals surface area (Å²) in [6.45, 7) is 0.401. The van der Waals surface area contributed by atoms with Crippen molar-refractivity contribution in [3.63, 3.8) is 0 Å². The molecule has 27 heavy (non-hydrogen) atoms. The molecule has 2 aromatic rings. The number of aryl methyl sites for hydroxylation is 1. The van der Waals surface area contributed by atoms with Crippen molar-refractivity contribution in [3.8, 4) is 0 Å². The predicted octanol–water partition coefficient (Wildman–Crippen LogP) is 4.81. The van der Waals surface area contributed by atoms with Crippen LogP contribution in [-0.4, -0.2) is 24.0 Å². The third-order valence-corrected chi connectivity index (χ3v) is 5.03. The highest BCUT2D eigenvalue weighted by molar-refractivity contribution is 6.34. The fraction of sp³-hybridized carbons (Fsp3) is 0.286. The van der Waals surface area contributed by atoms with Crippen LogP contribution in [0.4, 0.5) is 0 Å². The highest BCUT2D eigenvalue weighted by atomic mass is 35.5. The number of nitrogens with one attached hydrogen (secondary N) is 1. The predicted molar refractivity (Wildman–Crippen MR) is 114 cm³/mol. The van der Waals surface area contributed by atoms with E-state index in [-0.39, 0.29) is 18.2 Å². The van der Waals surface area contributed by atoms with Gasteiger partial charge in [-0.1, -0.05) is 47.5 Å². The lowest BCUT2D eigenvalue weighted by atomic mass is 10.0. The van der Waals surface area contributed by atoms with Crippen LogP contribution in [0.3, 0.4) is 0 Å². The van der Waals surface area contributed by atoms with Crippen LogP contribution in [0.2, 0.25) is 10.0 Å². The number of aliphatic hydroxyl groups excluding tert-OH is 1. The summed E-state index contributed by atoms with van der Waals surface area (Å²) in [5.74, 6) is -0.286. The molecule has 3 nitrogen and oxygen atoms in total. The van der Waals surface area contributed by atoms with E-state index in [2.05, 4.69) is 17.4 Å². The number of hydrogen-bond acceptors (Lipinski definition) is 3. The molecule has 2 N–H and O–H groups in total. The highest BCUT2D eigenvalue weighted by Crippen LogP contribution is 2.32. The molecule has 0 spiro atoms. The summed E-state index contributed by atoms with van der Waals surface area (Å²) in [6, 6.07) is 12.2. The number of aliphatic hydroxyl groups is 1. The quantitative estimate of drug-likeness (QED) is 0.625. The van der Waals surface area contributed by atoms with Gasteiger partial charge in [0, 0.05) is 16.1 Å². The van der Waals surface area contributed by atoms with Gasteiger partial charge < -0.3 is 10.4 Å². The van der Waals surface area contributed by atoms with Gasteiger partial charge in [-0.05, 0) is 72.3 Å². The molecule has 0 fully saturated rings. The van der Waals surface area contributed by atoms with Crippen LogP contribution >= 0.6 is 35.6 Å². The number of benzene rings is 2. The SMILES string of the molecule is Cl.O=C(/C=C/c1ccc2c(c1)CCC2NCCc1cc(Cl)cc(Cl)c1)CO. The van der Waals surface area contributed by atoms with Crippen molar-refractivity contribution in [1.82, 2.24) is 5.32 Å². The number of ketones is 1. The summed E-state index contributed by atoms with van der Waals surface area (Å²) in [5.41, 5.74) is 4.74. The number of fused-ring (bicyclic) bond motifs is 1. The fourth-order valence-electron chi connectivity index (χ4n) is 3.34. The van der Waals surface area contributed by atoms with Gasteiger partial charge in [-0.15, -0.1) is 12.4 Å². The first-order valence-corrected chi connectivity index (χ1v) is 9.43. The van der Waals surface area contributed by atoms with Crippen molar-refractivity contribution >= 4 is 47.5 Å². The third kappa shape index (κ3) is 6.06. The largest absolute Gasteiger partial charge is 0.388 e. The Morgan fingerprint density at radius 2 is 1.93 bits per heavy atom. The maximum atomic E-state index is 11.2. The van der Waals surface area contributed by atoms with Crippen molar-refractivity contribution in [2.24, 2.45) is 0 Å². The zero-order valence-corrected chi connectivity index (χ0v) is 17.1. The maximum Gasteiger partial charge on any atom is 0.181 e. The summed E-state index contributed by atoms with van der Waals surface area (Å²) in [7, 11) is 0. The Labute approximate surface area is 175 Å². The number of halogens is 3. The number of rotatable bonds is 7. The lowest BCUT2D eigenvalue weighted by Crippen LogP contribution is -2.21. The Kier molecular flexibility index (Phi) is 8.33. The molecule has 0 amide bonds. The molecule has 0 aliphatic heterocycles. The molecule has 1 aliphatic rings. The van der Waals surface area contributed by atoms with Crippen LogP contribution in [0.1, 0.15) is 34.7 Å². The molecule has 0 aromatic heterocycles. The molecule has 0 saturated heterocycles. The van der Waals surface area contributed by atoms with Crippen LogP contribution in [0.5, 0.6) is 0 Å². The summed E-state index contributed by atoms with van der Waals surface area (Å²) in [6.07, 6.45) is 6.13. The van der Waals surface area contributed by atoms with E-state index in [1.54, 1.807) is 12.1 Å². The molecule has 144 valence electrons. The topological polar surface area (TPSA) is 49.3 Å². The molecule has 3 rings (SSSR count). The average molecular weight is 427 g/mol. The molecule has 0 saturated carbocycles. The minimum atomic E-state index is -0.453. The zero-order chi connectivity index (χ0) is 18.5. The Morgan fingerprint density at radius 1 is 1.19 bits per heavy atom. The van der Waals surface area contributed by atoms with Gasteiger partial charge in [-0.3, -0.25) is 4.79 Å². The number of carbonyl (C=O) groups excluding carboxylic acids is 1. The van der Waals surface area contributed by atoms with Crippen LogP contribution in [-0.2, 0) is 17.6 Å². The molecule has 1 aliphatic carbocycles. The molecule has 2 aromatic carbocycles. The van der Waals surface area contributed by atoms with Crippen LogP contribution in [0, 0.1) is 0 Å². The molecule has 1 atom stereocenters. The molecular formula is C21H22Cl3NO2. The van der Waals surface area contributed by atoms with Gasteiger partial charge >= 0.3 is 0 Å². The molecule has 6 heteroatoms. The van der Waals surface area contributed by atoms with E-state index in [1.165, 1.54) is 17.2 Å².